The van der Waals surface area contributed by atoms with Crippen molar-refractivity contribution in [1.82, 2.24) is 4.98 Å². The predicted octanol–water partition coefficient (Wildman–Crippen LogP) is 2.94. The molecule has 0 aliphatic rings. The van der Waals surface area contributed by atoms with E-state index in [9.17, 15) is 0 Å². The first-order chi connectivity index (χ1) is 7.79. The number of pyridine rings is 1. The van der Waals surface area contributed by atoms with Gasteiger partial charge in [0.2, 0.25) is 0 Å². The first-order valence-electron chi connectivity index (χ1n) is 4.96. The third-order valence-corrected chi connectivity index (χ3v) is 2.53. The maximum absolute atomic E-state index is 6.02. The van der Waals surface area contributed by atoms with Crippen molar-refractivity contribution < 1.29 is 0 Å². The first-order valence-corrected chi connectivity index (χ1v) is 5.34. The van der Waals surface area contributed by atoms with E-state index in [1.165, 1.54) is 0 Å². The lowest BCUT2D eigenvalue weighted by atomic mass is 10.3. The Balaban J connectivity index is 2.18. The van der Waals surface area contributed by atoms with Gasteiger partial charge in [-0.1, -0.05) is 29.8 Å². The van der Waals surface area contributed by atoms with Gasteiger partial charge in [-0.25, -0.2) is 4.98 Å². The molecule has 0 fully saturated rings. The number of nitrogens with one attached hydrogen (secondary N) is 1. The molecular weight excluding hydrogens is 222 g/mol. The number of anilines is 2. The molecule has 0 bridgehead atoms. The summed E-state index contributed by atoms with van der Waals surface area (Å²) in [7, 11) is 0. The van der Waals surface area contributed by atoms with E-state index in [0.29, 0.717) is 11.6 Å². The summed E-state index contributed by atoms with van der Waals surface area (Å²) in [5, 5.41) is 3.81. The van der Waals surface area contributed by atoms with Gasteiger partial charge in [-0.3, -0.25) is 0 Å². The van der Waals surface area contributed by atoms with Crippen molar-refractivity contribution in [2.24, 2.45) is 5.73 Å². The molecule has 1 heterocycles. The second-order valence-corrected chi connectivity index (χ2v) is 3.77. The van der Waals surface area contributed by atoms with Crippen molar-refractivity contribution >= 4 is 23.1 Å². The van der Waals surface area contributed by atoms with E-state index in [1.807, 2.05) is 36.4 Å². The summed E-state index contributed by atoms with van der Waals surface area (Å²) < 4.78 is 0. The van der Waals surface area contributed by atoms with E-state index < -0.39 is 0 Å². The van der Waals surface area contributed by atoms with Gasteiger partial charge in [0.15, 0.2) is 0 Å². The lowest BCUT2D eigenvalue weighted by Gasteiger charge is -2.07. The molecule has 0 aliphatic heterocycles. The second-order valence-electron chi connectivity index (χ2n) is 3.36. The third kappa shape index (κ3) is 2.51. The van der Waals surface area contributed by atoms with Crippen LogP contribution >= 0.6 is 11.6 Å². The third-order valence-electron chi connectivity index (χ3n) is 2.20. The van der Waals surface area contributed by atoms with Gasteiger partial charge >= 0.3 is 0 Å². The molecule has 0 aliphatic carbocycles. The van der Waals surface area contributed by atoms with Crippen LogP contribution in [0.5, 0.6) is 0 Å². The number of rotatable bonds is 3. The molecule has 0 amide bonds. The molecule has 0 saturated heterocycles. The van der Waals surface area contributed by atoms with Crippen molar-refractivity contribution in [1.29, 1.82) is 0 Å². The maximum Gasteiger partial charge on any atom is 0.130 e. The Morgan fingerprint density at radius 2 is 2.00 bits per heavy atom. The normalized spacial score (nSPS) is 10.1. The fraction of sp³-hybridized carbons (Fsp3) is 0.0833. The van der Waals surface area contributed by atoms with Crippen molar-refractivity contribution in [2.45, 2.75) is 6.54 Å². The summed E-state index contributed by atoms with van der Waals surface area (Å²) in [6.45, 7) is 0.499. The van der Waals surface area contributed by atoms with Gasteiger partial charge in [0.05, 0.1) is 10.7 Å². The highest BCUT2D eigenvalue weighted by atomic mass is 35.5. The number of hydrogen-bond donors (Lipinski definition) is 2. The number of nitrogens with zero attached hydrogens (tertiary/aromatic N) is 1. The molecule has 4 heteroatoms. The van der Waals surface area contributed by atoms with Crippen LogP contribution in [0.3, 0.4) is 0 Å². The molecule has 1 aromatic heterocycles. The minimum atomic E-state index is 0.499. The average Bonchev–Trinajstić information content (AvgIpc) is 2.33. The van der Waals surface area contributed by atoms with Gasteiger partial charge in [-0.05, 0) is 23.8 Å². The Labute approximate surface area is 99.3 Å². The van der Waals surface area contributed by atoms with Gasteiger partial charge in [0.1, 0.15) is 5.82 Å². The van der Waals surface area contributed by atoms with E-state index in [1.54, 1.807) is 6.20 Å². The molecule has 16 heavy (non-hydrogen) atoms. The summed E-state index contributed by atoms with van der Waals surface area (Å²) in [5.74, 6) is 0.755. The second kappa shape index (κ2) is 4.96. The van der Waals surface area contributed by atoms with Crippen LogP contribution in [0.25, 0.3) is 0 Å². The Kier molecular flexibility index (Phi) is 3.39. The van der Waals surface area contributed by atoms with Crippen molar-refractivity contribution in [3.05, 3.63) is 53.2 Å². The topological polar surface area (TPSA) is 50.9 Å². The maximum atomic E-state index is 6.02. The summed E-state index contributed by atoms with van der Waals surface area (Å²) in [4.78, 5) is 4.24. The van der Waals surface area contributed by atoms with Crippen molar-refractivity contribution in [3.63, 3.8) is 0 Å². The highest BCUT2D eigenvalue weighted by Crippen LogP contribution is 2.23. The number of nitrogens with two attached hydrogens (primary N) is 1. The lowest BCUT2D eigenvalue weighted by Crippen LogP contribution is -1.99. The lowest BCUT2D eigenvalue weighted by molar-refractivity contribution is 1.05. The van der Waals surface area contributed by atoms with Gasteiger partial charge in [-0.15, -0.1) is 0 Å². The molecule has 0 atom stereocenters. The van der Waals surface area contributed by atoms with Crippen LogP contribution < -0.4 is 11.1 Å². The van der Waals surface area contributed by atoms with Crippen LogP contribution in [-0.4, -0.2) is 4.98 Å². The molecule has 3 nitrogen and oxygen atoms in total. The molecule has 3 N–H and O–H groups in total. The highest BCUT2D eigenvalue weighted by molar-refractivity contribution is 6.33. The summed E-state index contributed by atoms with van der Waals surface area (Å²) in [5.41, 5.74) is 7.34. The Morgan fingerprint density at radius 1 is 1.19 bits per heavy atom. The zero-order valence-corrected chi connectivity index (χ0v) is 9.41. The Morgan fingerprint density at radius 3 is 2.62 bits per heavy atom. The Bertz CT molecular complexity index is 468. The molecule has 2 aromatic rings. The zero-order chi connectivity index (χ0) is 11.4. The largest absolute Gasteiger partial charge is 0.339 e. The molecule has 0 unspecified atom stereocenters. The summed E-state index contributed by atoms with van der Waals surface area (Å²) >= 11 is 6.02. The van der Waals surface area contributed by atoms with Gasteiger partial charge in [-0.2, -0.15) is 0 Å². The molecule has 82 valence electrons. The molecule has 0 spiro atoms. The highest BCUT2D eigenvalue weighted by Gasteiger charge is 1.99. The van der Waals surface area contributed by atoms with E-state index >= 15 is 0 Å². The standard InChI is InChI=1S/C12H12ClN3/c13-10-3-1-2-4-11(10)16-12-6-5-9(7-14)8-15-12/h1-6,8H,7,14H2,(H,15,16). The van der Waals surface area contributed by atoms with E-state index in [2.05, 4.69) is 10.3 Å². The smallest absolute Gasteiger partial charge is 0.130 e. The number of hydrogen-bond acceptors (Lipinski definition) is 3. The fourth-order valence-corrected chi connectivity index (χ4v) is 1.50. The monoisotopic (exact) mass is 233 g/mol. The van der Waals surface area contributed by atoms with Gasteiger partial charge < -0.3 is 11.1 Å². The first kappa shape index (κ1) is 10.9. The van der Waals surface area contributed by atoms with E-state index in [4.69, 9.17) is 17.3 Å². The number of para-hydroxylation sites is 1. The quantitative estimate of drug-likeness (QED) is 0.857. The minimum absolute atomic E-state index is 0.499. The minimum Gasteiger partial charge on any atom is -0.339 e. The molecule has 0 saturated carbocycles. The summed E-state index contributed by atoms with van der Waals surface area (Å²) in [6.07, 6.45) is 1.75. The van der Waals surface area contributed by atoms with Crippen LogP contribution in [0, 0.1) is 0 Å². The van der Waals surface area contributed by atoms with Crippen LogP contribution in [0.4, 0.5) is 11.5 Å². The van der Waals surface area contributed by atoms with Crippen molar-refractivity contribution in [3.8, 4) is 0 Å². The molecule has 2 rings (SSSR count). The van der Waals surface area contributed by atoms with E-state index in [0.717, 1.165) is 17.1 Å². The SMILES string of the molecule is NCc1ccc(Nc2ccccc2Cl)nc1. The molecular formula is C12H12ClN3. The van der Waals surface area contributed by atoms with Crippen LogP contribution in [0.15, 0.2) is 42.6 Å². The fourth-order valence-electron chi connectivity index (χ4n) is 1.32. The van der Waals surface area contributed by atoms with Crippen molar-refractivity contribution in [2.75, 3.05) is 5.32 Å². The van der Waals surface area contributed by atoms with E-state index in [-0.39, 0.29) is 0 Å². The number of aromatic nitrogens is 1. The van der Waals surface area contributed by atoms with Crippen LogP contribution in [0.2, 0.25) is 5.02 Å². The van der Waals surface area contributed by atoms with Gasteiger partial charge in [0.25, 0.3) is 0 Å². The Hall–Kier alpha value is -1.58. The molecule has 0 radical (unpaired) electrons. The molecule has 1 aromatic carbocycles. The van der Waals surface area contributed by atoms with Crippen LogP contribution in [-0.2, 0) is 6.54 Å². The van der Waals surface area contributed by atoms with Crippen LogP contribution in [0.1, 0.15) is 5.56 Å². The van der Waals surface area contributed by atoms with Gasteiger partial charge in [0, 0.05) is 12.7 Å². The average molecular weight is 234 g/mol. The summed E-state index contributed by atoms with van der Waals surface area (Å²) in [6, 6.07) is 11.4. The zero-order valence-electron chi connectivity index (χ0n) is 8.65. The number of benzene rings is 1. The number of halogens is 1. The predicted molar refractivity (Wildman–Crippen MR) is 66.9 cm³/mol.